The summed E-state index contributed by atoms with van der Waals surface area (Å²) in [5.74, 6) is 0.833. The fraction of sp³-hybridized carbons (Fsp3) is 1.00. The lowest BCUT2D eigenvalue weighted by Gasteiger charge is -2.25. The van der Waals surface area contributed by atoms with E-state index in [2.05, 4.69) is 31.1 Å². The van der Waals surface area contributed by atoms with Gasteiger partial charge < -0.3 is 10.2 Å². The monoisotopic (exact) mass is 226 g/mol. The van der Waals surface area contributed by atoms with E-state index in [0.29, 0.717) is 0 Å². The second kappa shape index (κ2) is 8.08. The maximum absolute atomic E-state index is 3.70. The second-order valence-electron chi connectivity index (χ2n) is 5.56. The summed E-state index contributed by atoms with van der Waals surface area (Å²) >= 11 is 0. The van der Waals surface area contributed by atoms with Crippen molar-refractivity contribution >= 4 is 0 Å². The Kier molecular flexibility index (Phi) is 7.06. The van der Waals surface area contributed by atoms with Crippen LogP contribution in [0.4, 0.5) is 0 Å². The van der Waals surface area contributed by atoms with Gasteiger partial charge in [0, 0.05) is 25.7 Å². The lowest BCUT2D eigenvalue weighted by Crippen LogP contribution is -2.37. The van der Waals surface area contributed by atoms with Gasteiger partial charge in [-0.2, -0.15) is 0 Å². The number of rotatable bonds is 7. The molecule has 1 aliphatic carbocycles. The number of likely N-dealkylation sites (N-methyl/N-ethyl adjacent to an activating group) is 1. The molecule has 0 amide bonds. The summed E-state index contributed by atoms with van der Waals surface area (Å²) in [6, 6.07) is 0.811. The molecule has 0 aliphatic heterocycles. The highest BCUT2D eigenvalue weighted by molar-refractivity contribution is 4.72. The van der Waals surface area contributed by atoms with E-state index in [0.717, 1.165) is 18.5 Å². The van der Waals surface area contributed by atoms with Gasteiger partial charge in [-0.25, -0.2) is 0 Å². The SMILES string of the molecule is CCC(C)CN(C)CCNC1CCCCC1. The molecule has 96 valence electrons. The molecule has 2 heteroatoms. The van der Waals surface area contributed by atoms with E-state index < -0.39 is 0 Å². The summed E-state index contributed by atoms with van der Waals surface area (Å²) in [7, 11) is 2.24. The summed E-state index contributed by atoms with van der Waals surface area (Å²) in [5.41, 5.74) is 0. The normalized spacial score (nSPS) is 20.2. The summed E-state index contributed by atoms with van der Waals surface area (Å²) in [5, 5.41) is 3.70. The maximum Gasteiger partial charge on any atom is 0.0104 e. The lowest BCUT2D eigenvalue weighted by atomic mass is 9.95. The topological polar surface area (TPSA) is 15.3 Å². The van der Waals surface area contributed by atoms with Crippen LogP contribution < -0.4 is 5.32 Å². The summed E-state index contributed by atoms with van der Waals surface area (Å²) in [6.07, 6.45) is 8.40. The minimum atomic E-state index is 0.811. The molecule has 1 atom stereocenters. The first kappa shape index (κ1) is 14.0. The molecule has 0 radical (unpaired) electrons. The van der Waals surface area contributed by atoms with Crippen molar-refractivity contribution in [1.29, 1.82) is 0 Å². The standard InChI is InChI=1S/C14H30N2/c1-4-13(2)12-16(3)11-10-15-14-8-6-5-7-9-14/h13-15H,4-12H2,1-3H3. The Balaban J connectivity index is 2.00. The summed E-state index contributed by atoms with van der Waals surface area (Å²) in [6.45, 7) is 8.21. The minimum absolute atomic E-state index is 0.811. The van der Waals surface area contributed by atoms with Gasteiger partial charge in [-0.05, 0) is 25.8 Å². The van der Waals surface area contributed by atoms with Crippen LogP contribution in [0.2, 0.25) is 0 Å². The van der Waals surface area contributed by atoms with Gasteiger partial charge in [0.2, 0.25) is 0 Å². The average Bonchev–Trinajstić information content (AvgIpc) is 2.30. The van der Waals surface area contributed by atoms with Gasteiger partial charge >= 0.3 is 0 Å². The zero-order chi connectivity index (χ0) is 11.8. The Labute approximate surface area is 102 Å². The van der Waals surface area contributed by atoms with Crippen molar-refractivity contribution in [2.24, 2.45) is 5.92 Å². The molecule has 0 aromatic heterocycles. The molecule has 1 aliphatic rings. The van der Waals surface area contributed by atoms with Crippen molar-refractivity contribution < 1.29 is 0 Å². The Morgan fingerprint density at radius 1 is 1.25 bits per heavy atom. The van der Waals surface area contributed by atoms with Gasteiger partial charge in [-0.1, -0.05) is 39.5 Å². The maximum atomic E-state index is 3.70. The predicted octanol–water partition coefficient (Wildman–Crippen LogP) is 2.89. The third-order valence-electron chi connectivity index (χ3n) is 3.85. The molecule has 1 N–H and O–H groups in total. The molecule has 0 heterocycles. The van der Waals surface area contributed by atoms with Crippen LogP contribution in [0, 0.1) is 5.92 Å². The first-order valence-electron chi connectivity index (χ1n) is 7.14. The van der Waals surface area contributed by atoms with Gasteiger partial charge in [-0.3, -0.25) is 0 Å². The van der Waals surface area contributed by atoms with Gasteiger partial charge in [0.25, 0.3) is 0 Å². The molecule has 0 bridgehead atoms. The van der Waals surface area contributed by atoms with Crippen molar-refractivity contribution in [2.75, 3.05) is 26.7 Å². The second-order valence-corrected chi connectivity index (χ2v) is 5.56. The molecule has 1 fully saturated rings. The van der Waals surface area contributed by atoms with Crippen LogP contribution in [-0.2, 0) is 0 Å². The molecule has 0 aromatic carbocycles. The van der Waals surface area contributed by atoms with E-state index in [-0.39, 0.29) is 0 Å². The summed E-state index contributed by atoms with van der Waals surface area (Å²) in [4.78, 5) is 2.46. The highest BCUT2D eigenvalue weighted by Crippen LogP contribution is 2.16. The molecule has 1 saturated carbocycles. The quantitative estimate of drug-likeness (QED) is 0.718. The van der Waals surface area contributed by atoms with E-state index in [4.69, 9.17) is 0 Å². The third kappa shape index (κ3) is 5.86. The van der Waals surface area contributed by atoms with Gasteiger partial charge in [-0.15, -0.1) is 0 Å². The number of hydrogen-bond acceptors (Lipinski definition) is 2. The molecule has 0 aromatic rings. The van der Waals surface area contributed by atoms with Crippen molar-refractivity contribution in [3.8, 4) is 0 Å². The number of nitrogens with one attached hydrogen (secondary N) is 1. The van der Waals surface area contributed by atoms with Crippen LogP contribution in [0.25, 0.3) is 0 Å². The highest BCUT2D eigenvalue weighted by atomic mass is 15.1. The molecule has 2 nitrogen and oxygen atoms in total. The van der Waals surface area contributed by atoms with Gasteiger partial charge in [0.05, 0.1) is 0 Å². The van der Waals surface area contributed by atoms with E-state index in [1.807, 2.05) is 0 Å². The Hall–Kier alpha value is -0.0800. The average molecular weight is 226 g/mol. The summed E-state index contributed by atoms with van der Waals surface area (Å²) < 4.78 is 0. The third-order valence-corrected chi connectivity index (χ3v) is 3.85. The van der Waals surface area contributed by atoms with Crippen molar-refractivity contribution in [1.82, 2.24) is 10.2 Å². The van der Waals surface area contributed by atoms with Crippen LogP contribution in [-0.4, -0.2) is 37.6 Å². The Morgan fingerprint density at radius 3 is 2.56 bits per heavy atom. The first-order chi connectivity index (χ1) is 7.72. The molecule has 1 unspecified atom stereocenters. The van der Waals surface area contributed by atoms with Gasteiger partial charge in [0.1, 0.15) is 0 Å². The fourth-order valence-corrected chi connectivity index (χ4v) is 2.52. The predicted molar refractivity (Wildman–Crippen MR) is 71.8 cm³/mol. The van der Waals surface area contributed by atoms with Crippen molar-refractivity contribution in [2.45, 2.75) is 58.4 Å². The molecule has 0 saturated heterocycles. The van der Waals surface area contributed by atoms with Crippen LogP contribution in [0.5, 0.6) is 0 Å². The van der Waals surface area contributed by atoms with Crippen LogP contribution >= 0.6 is 0 Å². The van der Waals surface area contributed by atoms with Crippen LogP contribution in [0.15, 0.2) is 0 Å². The van der Waals surface area contributed by atoms with E-state index in [9.17, 15) is 0 Å². The first-order valence-corrected chi connectivity index (χ1v) is 7.14. The van der Waals surface area contributed by atoms with Crippen LogP contribution in [0.1, 0.15) is 52.4 Å². The molecular weight excluding hydrogens is 196 g/mol. The zero-order valence-electron chi connectivity index (χ0n) is 11.5. The van der Waals surface area contributed by atoms with Gasteiger partial charge in [0.15, 0.2) is 0 Å². The largest absolute Gasteiger partial charge is 0.313 e. The Bertz CT molecular complexity index is 164. The smallest absolute Gasteiger partial charge is 0.0104 e. The van der Waals surface area contributed by atoms with E-state index in [1.165, 1.54) is 51.6 Å². The fourth-order valence-electron chi connectivity index (χ4n) is 2.52. The Morgan fingerprint density at radius 2 is 1.94 bits per heavy atom. The van der Waals surface area contributed by atoms with E-state index in [1.54, 1.807) is 0 Å². The minimum Gasteiger partial charge on any atom is -0.313 e. The molecule has 1 rings (SSSR count). The molecular formula is C14H30N2. The van der Waals surface area contributed by atoms with Crippen molar-refractivity contribution in [3.05, 3.63) is 0 Å². The van der Waals surface area contributed by atoms with E-state index >= 15 is 0 Å². The lowest BCUT2D eigenvalue weighted by molar-refractivity contribution is 0.270. The zero-order valence-corrected chi connectivity index (χ0v) is 11.5. The molecule has 16 heavy (non-hydrogen) atoms. The number of hydrogen-bond donors (Lipinski definition) is 1. The number of nitrogens with zero attached hydrogens (tertiary/aromatic N) is 1. The highest BCUT2D eigenvalue weighted by Gasteiger charge is 2.12. The molecule has 0 spiro atoms. The van der Waals surface area contributed by atoms with Crippen molar-refractivity contribution in [3.63, 3.8) is 0 Å². The van der Waals surface area contributed by atoms with Crippen LogP contribution in [0.3, 0.4) is 0 Å².